The van der Waals surface area contributed by atoms with Gasteiger partial charge in [-0.3, -0.25) is 9.69 Å². The van der Waals surface area contributed by atoms with Gasteiger partial charge in [-0.05, 0) is 30.7 Å². The molecule has 8 heteroatoms. The van der Waals surface area contributed by atoms with Crippen molar-refractivity contribution in [3.8, 4) is 0 Å². The maximum absolute atomic E-state index is 12.1. The fourth-order valence-electron chi connectivity index (χ4n) is 2.56. The molecule has 23 heavy (non-hydrogen) atoms. The fraction of sp³-hybridized carbons (Fsp3) is 0.533. The number of benzene rings is 1. The van der Waals surface area contributed by atoms with Gasteiger partial charge >= 0.3 is 0 Å². The summed E-state index contributed by atoms with van der Waals surface area (Å²) >= 11 is 11.9. The second kappa shape index (κ2) is 7.83. The van der Waals surface area contributed by atoms with Crippen molar-refractivity contribution in [2.75, 3.05) is 24.6 Å². The minimum atomic E-state index is -2.99. The fourth-order valence-corrected chi connectivity index (χ4v) is 4.55. The molecular weight excluding hydrogens is 359 g/mol. The molecule has 1 fully saturated rings. The molecule has 128 valence electrons. The van der Waals surface area contributed by atoms with Crippen molar-refractivity contribution < 1.29 is 13.2 Å². The highest BCUT2D eigenvalue weighted by Crippen LogP contribution is 2.23. The van der Waals surface area contributed by atoms with Crippen LogP contribution < -0.4 is 5.32 Å². The lowest BCUT2D eigenvalue weighted by atomic mass is 10.2. The van der Waals surface area contributed by atoms with E-state index in [1.54, 1.807) is 12.1 Å². The summed E-state index contributed by atoms with van der Waals surface area (Å²) in [4.78, 5) is 14.1. The summed E-state index contributed by atoms with van der Waals surface area (Å²) in [7, 11) is -2.99. The number of hydrogen-bond donors (Lipinski definition) is 1. The Kier molecular flexibility index (Phi) is 6.31. The molecule has 1 aromatic carbocycles. The first-order chi connectivity index (χ1) is 10.8. The molecule has 1 amide bonds. The van der Waals surface area contributed by atoms with Gasteiger partial charge in [-0.2, -0.15) is 0 Å². The molecule has 1 aromatic rings. The predicted molar refractivity (Wildman–Crippen MR) is 92.6 cm³/mol. The Labute approximate surface area is 146 Å². The van der Waals surface area contributed by atoms with E-state index in [1.807, 2.05) is 17.9 Å². The van der Waals surface area contributed by atoms with Crippen molar-refractivity contribution in [1.82, 2.24) is 10.2 Å². The minimum Gasteiger partial charge on any atom is -0.351 e. The van der Waals surface area contributed by atoms with Crippen LogP contribution in [0.25, 0.3) is 0 Å². The van der Waals surface area contributed by atoms with E-state index in [0.717, 1.165) is 5.56 Å². The van der Waals surface area contributed by atoms with Gasteiger partial charge in [-0.1, -0.05) is 36.2 Å². The lowest BCUT2D eigenvalue weighted by Gasteiger charge is -2.21. The molecule has 1 atom stereocenters. The normalized spacial score (nSPS) is 19.9. The van der Waals surface area contributed by atoms with Crippen LogP contribution in [0.4, 0.5) is 0 Å². The third kappa shape index (κ3) is 5.64. The number of halogens is 2. The largest absolute Gasteiger partial charge is 0.351 e. The van der Waals surface area contributed by atoms with Crippen molar-refractivity contribution >= 4 is 38.9 Å². The molecule has 0 saturated carbocycles. The monoisotopic (exact) mass is 378 g/mol. The average Bonchev–Trinajstić information content (AvgIpc) is 2.81. The van der Waals surface area contributed by atoms with Crippen molar-refractivity contribution in [3.05, 3.63) is 33.8 Å². The molecule has 5 nitrogen and oxygen atoms in total. The second-order valence-corrected chi connectivity index (χ2v) is 8.76. The number of amides is 1. The van der Waals surface area contributed by atoms with Gasteiger partial charge in [-0.25, -0.2) is 8.42 Å². The van der Waals surface area contributed by atoms with E-state index in [-0.39, 0.29) is 30.0 Å². The lowest BCUT2D eigenvalue weighted by Crippen LogP contribution is -2.42. The van der Waals surface area contributed by atoms with Gasteiger partial charge < -0.3 is 5.32 Å². The Hall–Kier alpha value is -0.820. The zero-order chi connectivity index (χ0) is 17.0. The average molecular weight is 379 g/mol. The maximum Gasteiger partial charge on any atom is 0.234 e. The number of carbonyl (C=O) groups excluding carboxylic acids is 1. The summed E-state index contributed by atoms with van der Waals surface area (Å²) in [5, 5.41) is 3.78. The third-order valence-electron chi connectivity index (χ3n) is 3.80. The number of carbonyl (C=O) groups is 1. The van der Waals surface area contributed by atoms with Crippen LogP contribution in [0.2, 0.25) is 10.0 Å². The molecule has 0 aromatic heterocycles. The maximum atomic E-state index is 12.1. The summed E-state index contributed by atoms with van der Waals surface area (Å²) in [5.41, 5.74) is 0.970. The summed E-state index contributed by atoms with van der Waals surface area (Å²) in [6.07, 6.45) is 0.493. The van der Waals surface area contributed by atoms with E-state index in [0.29, 0.717) is 29.6 Å². The van der Waals surface area contributed by atoms with Gasteiger partial charge in [0.2, 0.25) is 5.91 Å². The van der Waals surface area contributed by atoms with Gasteiger partial charge in [0.25, 0.3) is 0 Å². The van der Waals surface area contributed by atoms with Crippen LogP contribution in [0.1, 0.15) is 18.9 Å². The van der Waals surface area contributed by atoms with Crippen molar-refractivity contribution in [2.24, 2.45) is 0 Å². The highest BCUT2D eigenvalue weighted by molar-refractivity contribution is 7.91. The van der Waals surface area contributed by atoms with Crippen LogP contribution in [0.15, 0.2) is 18.2 Å². The molecule has 0 spiro atoms. The van der Waals surface area contributed by atoms with E-state index in [2.05, 4.69) is 5.32 Å². The zero-order valence-corrected chi connectivity index (χ0v) is 15.2. The Morgan fingerprint density at radius 1 is 1.35 bits per heavy atom. The quantitative estimate of drug-likeness (QED) is 0.822. The predicted octanol–water partition coefficient (Wildman–Crippen LogP) is 2.12. The minimum absolute atomic E-state index is 0.0393. The number of hydrogen-bond acceptors (Lipinski definition) is 4. The Bertz CT molecular complexity index is 679. The van der Waals surface area contributed by atoms with Crippen molar-refractivity contribution in [3.63, 3.8) is 0 Å². The van der Waals surface area contributed by atoms with Crippen LogP contribution in [0, 0.1) is 0 Å². The van der Waals surface area contributed by atoms with Gasteiger partial charge in [0.05, 0.1) is 28.1 Å². The molecule has 1 heterocycles. The Balaban J connectivity index is 1.88. The van der Waals surface area contributed by atoms with Gasteiger partial charge in [-0.15, -0.1) is 0 Å². The van der Waals surface area contributed by atoms with E-state index in [9.17, 15) is 13.2 Å². The topological polar surface area (TPSA) is 66.5 Å². The lowest BCUT2D eigenvalue weighted by molar-refractivity contribution is -0.122. The van der Waals surface area contributed by atoms with E-state index in [4.69, 9.17) is 23.2 Å². The number of nitrogens with zero attached hydrogens (tertiary/aromatic N) is 1. The first-order valence-electron chi connectivity index (χ1n) is 7.45. The summed E-state index contributed by atoms with van der Waals surface area (Å²) in [5.74, 6) is 0.0325. The van der Waals surface area contributed by atoms with Crippen molar-refractivity contribution in [1.29, 1.82) is 0 Å². The molecular formula is C15H20Cl2N2O3S. The van der Waals surface area contributed by atoms with Crippen LogP contribution in [-0.2, 0) is 21.2 Å². The summed E-state index contributed by atoms with van der Waals surface area (Å²) in [6.45, 7) is 3.44. The van der Waals surface area contributed by atoms with Crippen LogP contribution in [0.5, 0.6) is 0 Å². The molecule has 1 aliphatic rings. The van der Waals surface area contributed by atoms with E-state index < -0.39 is 9.84 Å². The molecule has 1 aliphatic heterocycles. The smallest absolute Gasteiger partial charge is 0.234 e. The molecule has 0 radical (unpaired) electrons. The Morgan fingerprint density at radius 2 is 2.09 bits per heavy atom. The molecule has 0 aliphatic carbocycles. The Morgan fingerprint density at radius 3 is 2.65 bits per heavy atom. The molecule has 0 unspecified atom stereocenters. The number of rotatable bonds is 6. The summed E-state index contributed by atoms with van der Waals surface area (Å²) < 4.78 is 22.8. The van der Waals surface area contributed by atoms with Gasteiger partial charge in [0.15, 0.2) is 9.84 Å². The molecule has 2 rings (SSSR count). The molecule has 1 N–H and O–H groups in total. The molecule has 0 bridgehead atoms. The summed E-state index contributed by atoms with van der Waals surface area (Å²) in [6, 6.07) is 5.12. The van der Waals surface area contributed by atoms with Crippen LogP contribution >= 0.6 is 23.2 Å². The number of likely N-dealkylation sites (N-methyl/N-ethyl adjacent to an activating group) is 1. The molecule has 1 saturated heterocycles. The van der Waals surface area contributed by atoms with Crippen LogP contribution in [0.3, 0.4) is 0 Å². The number of nitrogens with one attached hydrogen (secondary N) is 1. The first kappa shape index (κ1) is 18.5. The van der Waals surface area contributed by atoms with Gasteiger partial charge in [0, 0.05) is 12.6 Å². The third-order valence-corrected chi connectivity index (χ3v) is 6.31. The number of sulfone groups is 1. The standard InChI is InChI=1S/C15H20Cl2N2O3S/c1-2-19(8-11-3-4-13(16)14(17)7-11)9-15(20)18-12-5-6-23(21,22)10-12/h3-4,7,12H,2,5-6,8-10H2,1H3,(H,18,20)/t12-/m0/s1. The van der Waals surface area contributed by atoms with Crippen molar-refractivity contribution in [2.45, 2.75) is 25.9 Å². The van der Waals surface area contributed by atoms with E-state index >= 15 is 0 Å². The zero-order valence-electron chi connectivity index (χ0n) is 12.9. The SMILES string of the molecule is CCN(CC(=O)N[C@H]1CCS(=O)(=O)C1)Cc1ccc(Cl)c(Cl)c1. The first-order valence-corrected chi connectivity index (χ1v) is 10.0. The van der Waals surface area contributed by atoms with E-state index in [1.165, 1.54) is 0 Å². The van der Waals surface area contributed by atoms with Gasteiger partial charge in [0.1, 0.15) is 0 Å². The highest BCUT2D eigenvalue weighted by atomic mass is 35.5. The highest BCUT2D eigenvalue weighted by Gasteiger charge is 2.29. The van der Waals surface area contributed by atoms with Crippen LogP contribution in [-0.4, -0.2) is 49.9 Å². The second-order valence-electron chi connectivity index (χ2n) is 5.72.